The zero-order valence-electron chi connectivity index (χ0n) is 33.0. The molecule has 4 bridgehead atoms. The van der Waals surface area contributed by atoms with Crippen molar-refractivity contribution in [3.05, 3.63) is 210 Å². The Morgan fingerprint density at radius 2 is 0.850 bits per heavy atom. The minimum atomic E-state index is 0.636. The van der Waals surface area contributed by atoms with Gasteiger partial charge in [-0.1, -0.05) is 146 Å². The topological polar surface area (TPSA) is 48.5 Å². The first-order valence-electron chi connectivity index (χ1n) is 20.9. The molecule has 5 nitrogen and oxygen atoms in total. The molecule has 4 aliphatic rings. The molecule has 4 aliphatic carbocycles. The lowest BCUT2D eigenvalue weighted by molar-refractivity contribution is 0.929. The van der Waals surface area contributed by atoms with Crippen LogP contribution in [0, 0.1) is 0 Å². The first-order chi connectivity index (χ1) is 29.7. The maximum atomic E-state index is 5.06. The number of hydrogen-bond donors (Lipinski definition) is 0. The van der Waals surface area contributed by atoms with Crippen molar-refractivity contribution in [3.8, 4) is 45.5 Å². The molecule has 0 N–H and O–H groups in total. The molecule has 0 saturated heterocycles. The number of aromatic nitrogens is 5. The van der Waals surface area contributed by atoms with E-state index in [4.69, 9.17) is 15.0 Å². The minimum Gasteiger partial charge on any atom is -0.309 e. The van der Waals surface area contributed by atoms with Crippen LogP contribution >= 0.6 is 0 Å². The van der Waals surface area contributed by atoms with Gasteiger partial charge in [0.05, 0.1) is 22.1 Å². The quantitative estimate of drug-likeness (QED) is 0.175. The maximum absolute atomic E-state index is 5.06. The average molecular weight is 770 g/mol. The van der Waals surface area contributed by atoms with Crippen molar-refractivity contribution in [1.29, 1.82) is 0 Å². The van der Waals surface area contributed by atoms with Crippen molar-refractivity contribution in [2.24, 2.45) is 0 Å². The van der Waals surface area contributed by atoms with Crippen molar-refractivity contribution in [3.63, 3.8) is 0 Å². The van der Waals surface area contributed by atoms with E-state index in [1.54, 1.807) is 0 Å². The SMILES string of the molecule is c1ccc(-c2nc(-c3ccccc3)nc(-c3cccc(-n4c5ccccc5c5cc(-n6c7ccccc7c7c8ccc(c76)CCc6ccc(cc6)CC8)ccc54)c3)n2)cc1. The highest BCUT2D eigenvalue weighted by atomic mass is 15.0. The molecule has 0 radical (unpaired) electrons. The average Bonchev–Trinajstić information content (AvgIpc) is 3.84. The van der Waals surface area contributed by atoms with Gasteiger partial charge in [-0.15, -0.1) is 0 Å². The Hall–Kier alpha value is -7.63. The highest BCUT2D eigenvalue weighted by Crippen LogP contribution is 2.40. The van der Waals surface area contributed by atoms with Gasteiger partial charge in [0.25, 0.3) is 0 Å². The third kappa shape index (κ3) is 5.73. The number of nitrogens with zero attached hydrogens (tertiary/aromatic N) is 5. The summed E-state index contributed by atoms with van der Waals surface area (Å²) in [5.74, 6) is 1.93. The fourth-order valence-corrected chi connectivity index (χ4v) is 9.44. The van der Waals surface area contributed by atoms with E-state index >= 15 is 0 Å². The Bertz CT molecular complexity index is 3360. The number of aryl methyl sites for hydroxylation is 4. The molecule has 0 aliphatic heterocycles. The zero-order valence-corrected chi connectivity index (χ0v) is 33.0. The van der Waals surface area contributed by atoms with Crippen LogP contribution in [0.4, 0.5) is 0 Å². The third-order valence-corrected chi connectivity index (χ3v) is 12.4. The van der Waals surface area contributed by atoms with E-state index in [0.717, 1.165) is 59.1 Å². The molecule has 0 saturated carbocycles. The van der Waals surface area contributed by atoms with Crippen molar-refractivity contribution < 1.29 is 0 Å². The van der Waals surface area contributed by atoms with Crippen LogP contribution in [-0.4, -0.2) is 24.1 Å². The molecule has 0 amide bonds. The number of para-hydroxylation sites is 2. The van der Waals surface area contributed by atoms with Gasteiger partial charge in [0.1, 0.15) is 0 Å². The normalized spacial score (nSPS) is 12.7. The lowest BCUT2D eigenvalue weighted by atomic mass is 9.93. The monoisotopic (exact) mass is 769 g/mol. The Kier molecular flexibility index (Phi) is 8.05. The standard InChI is InChI=1S/C55H39N5/c1-3-12-40(13-4-1)53-56-54(41-14-5-2-6-15-41)58-55(57-53)42-16-11-17-43(34-42)59-48-20-9-7-18-45(48)47-35-44(32-33-50(47)59)60-49-21-10-8-19-46(49)51-38-28-26-36-22-24-37(25-23-36)27-29-39(31-30-38)52(51)60/h1-25,30-35H,26-29H2. The summed E-state index contributed by atoms with van der Waals surface area (Å²) >= 11 is 0. The highest BCUT2D eigenvalue weighted by Gasteiger charge is 2.21. The molecule has 3 aromatic heterocycles. The van der Waals surface area contributed by atoms with Gasteiger partial charge < -0.3 is 9.13 Å². The molecule has 0 atom stereocenters. The Labute approximate surface area is 347 Å². The van der Waals surface area contributed by atoms with E-state index < -0.39 is 0 Å². The molecular weight excluding hydrogens is 731 g/mol. The summed E-state index contributed by atoms with van der Waals surface area (Å²) in [7, 11) is 0. The number of fused-ring (bicyclic) bond motifs is 4. The Balaban J connectivity index is 1.03. The van der Waals surface area contributed by atoms with Gasteiger partial charge in [-0.25, -0.2) is 15.0 Å². The molecule has 3 heterocycles. The second kappa shape index (κ2) is 14.0. The lowest BCUT2D eigenvalue weighted by Gasteiger charge is -2.15. The van der Waals surface area contributed by atoms with Crippen LogP contribution in [0.3, 0.4) is 0 Å². The van der Waals surface area contributed by atoms with E-state index in [2.05, 4.69) is 137 Å². The molecule has 60 heavy (non-hydrogen) atoms. The van der Waals surface area contributed by atoms with Crippen LogP contribution in [0.2, 0.25) is 0 Å². The fourth-order valence-electron chi connectivity index (χ4n) is 9.44. The molecule has 5 heteroatoms. The summed E-state index contributed by atoms with van der Waals surface area (Å²) in [4.78, 5) is 15.0. The third-order valence-electron chi connectivity index (χ3n) is 12.4. The molecule has 15 rings (SSSR count). The van der Waals surface area contributed by atoms with E-state index in [1.165, 1.54) is 60.5 Å². The predicted molar refractivity (Wildman–Crippen MR) is 246 cm³/mol. The van der Waals surface area contributed by atoms with E-state index in [-0.39, 0.29) is 0 Å². The van der Waals surface area contributed by atoms with Crippen LogP contribution in [-0.2, 0) is 25.7 Å². The van der Waals surface area contributed by atoms with E-state index in [9.17, 15) is 0 Å². The summed E-state index contributed by atoms with van der Waals surface area (Å²) in [6.07, 6.45) is 4.01. The van der Waals surface area contributed by atoms with E-state index in [0.29, 0.717) is 17.5 Å². The lowest BCUT2D eigenvalue weighted by Crippen LogP contribution is -2.02. The first kappa shape index (κ1) is 34.4. The van der Waals surface area contributed by atoms with Crippen molar-refractivity contribution in [2.75, 3.05) is 0 Å². The summed E-state index contributed by atoms with van der Waals surface area (Å²) in [5, 5.41) is 5.13. The van der Waals surface area contributed by atoms with Gasteiger partial charge in [0.15, 0.2) is 17.5 Å². The van der Waals surface area contributed by atoms with Crippen molar-refractivity contribution >= 4 is 43.6 Å². The Morgan fingerprint density at radius 3 is 1.53 bits per heavy atom. The molecule has 0 spiro atoms. The largest absolute Gasteiger partial charge is 0.309 e. The smallest absolute Gasteiger partial charge is 0.164 e. The Morgan fingerprint density at radius 1 is 0.333 bits per heavy atom. The highest BCUT2D eigenvalue weighted by molar-refractivity contribution is 6.13. The molecule has 11 aromatic rings. The minimum absolute atomic E-state index is 0.636. The molecular formula is C55H39N5. The van der Waals surface area contributed by atoms with Gasteiger partial charge >= 0.3 is 0 Å². The van der Waals surface area contributed by atoms with Gasteiger partial charge in [-0.3, -0.25) is 0 Å². The maximum Gasteiger partial charge on any atom is 0.164 e. The second-order valence-electron chi connectivity index (χ2n) is 15.9. The van der Waals surface area contributed by atoms with Crippen LogP contribution in [0.5, 0.6) is 0 Å². The zero-order chi connectivity index (χ0) is 39.6. The van der Waals surface area contributed by atoms with Crippen molar-refractivity contribution in [2.45, 2.75) is 25.7 Å². The van der Waals surface area contributed by atoms with Gasteiger partial charge in [0.2, 0.25) is 0 Å². The molecule has 284 valence electrons. The first-order valence-corrected chi connectivity index (χ1v) is 20.9. The predicted octanol–water partition coefficient (Wildman–Crippen LogP) is 13.0. The van der Waals surface area contributed by atoms with Gasteiger partial charge in [0, 0.05) is 49.6 Å². The van der Waals surface area contributed by atoms with Gasteiger partial charge in [-0.05, 0) is 90.4 Å². The molecule has 0 unspecified atom stereocenters. The molecule has 8 aromatic carbocycles. The summed E-state index contributed by atoms with van der Waals surface area (Å²) in [6, 6.07) is 67.8. The molecule has 0 fully saturated rings. The fraction of sp³-hybridized carbons (Fsp3) is 0.0727. The summed E-state index contributed by atoms with van der Waals surface area (Å²) < 4.78 is 4.92. The summed E-state index contributed by atoms with van der Waals surface area (Å²) in [6.45, 7) is 0. The van der Waals surface area contributed by atoms with Crippen LogP contribution < -0.4 is 0 Å². The number of hydrogen-bond acceptors (Lipinski definition) is 3. The van der Waals surface area contributed by atoms with Crippen LogP contribution in [0.1, 0.15) is 22.3 Å². The summed E-state index contributed by atoms with van der Waals surface area (Å²) in [5.41, 5.74) is 15.5. The van der Waals surface area contributed by atoms with Crippen LogP contribution in [0.25, 0.3) is 89.2 Å². The number of rotatable bonds is 5. The van der Waals surface area contributed by atoms with Gasteiger partial charge in [-0.2, -0.15) is 0 Å². The second-order valence-corrected chi connectivity index (χ2v) is 15.9. The number of benzene rings is 8. The van der Waals surface area contributed by atoms with Crippen LogP contribution in [0.15, 0.2) is 188 Å². The van der Waals surface area contributed by atoms with Crippen molar-refractivity contribution in [1.82, 2.24) is 24.1 Å². The van der Waals surface area contributed by atoms with E-state index in [1.807, 2.05) is 60.7 Å².